The molecule has 0 radical (unpaired) electrons. The Morgan fingerprint density at radius 1 is 1.42 bits per heavy atom. The fraction of sp³-hybridized carbons (Fsp3) is 0.529. The van der Waals surface area contributed by atoms with Crippen LogP contribution in [0.2, 0.25) is 0 Å². The van der Waals surface area contributed by atoms with Gasteiger partial charge in [-0.1, -0.05) is 0 Å². The topological polar surface area (TPSA) is 94.5 Å². The summed E-state index contributed by atoms with van der Waals surface area (Å²) >= 11 is 3.40. The van der Waals surface area contributed by atoms with Gasteiger partial charge in [0.05, 0.1) is 29.8 Å². The SMILES string of the molecule is COC(=O)c1cc(Br)c2c(c1C)O[C@@](C)(CO[C@H]1CCN(C(=O)O)C1)O2. The third-order valence-corrected chi connectivity index (χ3v) is 5.07. The normalized spacial score (nSPS) is 24.0. The van der Waals surface area contributed by atoms with Crippen LogP contribution >= 0.6 is 15.9 Å². The van der Waals surface area contributed by atoms with Gasteiger partial charge in [-0.25, -0.2) is 9.59 Å². The van der Waals surface area contributed by atoms with E-state index in [1.54, 1.807) is 19.9 Å². The Hall–Kier alpha value is -2.00. The van der Waals surface area contributed by atoms with E-state index in [-0.39, 0.29) is 12.7 Å². The highest BCUT2D eigenvalue weighted by Gasteiger charge is 2.42. The quantitative estimate of drug-likeness (QED) is 0.735. The van der Waals surface area contributed by atoms with Gasteiger partial charge in [0.25, 0.3) is 5.79 Å². The Balaban J connectivity index is 1.71. The van der Waals surface area contributed by atoms with Crippen molar-refractivity contribution in [1.82, 2.24) is 4.90 Å². The van der Waals surface area contributed by atoms with Gasteiger partial charge in [0, 0.05) is 19.0 Å². The smallest absolute Gasteiger partial charge is 0.407 e. The van der Waals surface area contributed by atoms with Crippen LogP contribution in [0.4, 0.5) is 4.79 Å². The average Bonchev–Trinajstić information content (AvgIpc) is 3.21. The van der Waals surface area contributed by atoms with Crippen LogP contribution in [0.15, 0.2) is 10.5 Å². The summed E-state index contributed by atoms with van der Waals surface area (Å²) in [6.45, 7) is 4.40. The number of carbonyl (C=O) groups is 2. The molecule has 0 aromatic heterocycles. The standard InChI is InChI=1S/C17H20BrNO7/c1-9-11(15(20)23-3)6-12(18)14-13(9)25-17(2,26-14)8-24-10-4-5-19(7-10)16(21)22/h6,10H,4-5,7-8H2,1-3H3,(H,21,22)/t10-,17+/m0/s1. The third kappa shape index (κ3) is 3.45. The molecule has 0 spiro atoms. The predicted octanol–water partition coefficient (Wildman–Crippen LogP) is 2.80. The summed E-state index contributed by atoms with van der Waals surface area (Å²) < 4.78 is 23.1. The summed E-state index contributed by atoms with van der Waals surface area (Å²) in [5.74, 6) is -0.565. The number of hydrogen-bond acceptors (Lipinski definition) is 6. The molecule has 1 saturated heterocycles. The Morgan fingerprint density at radius 2 is 2.12 bits per heavy atom. The first-order valence-corrected chi connectivity index (χ1v) is 8.92. The number of halogens is 1. The first-order valence-electron chi connectivity index (χ1n) is 8.13. The lowest BCUT2D eigenvalue weighted by atomic mass is 10.1. The molecule has 1 amide bonds. The van der Waals surface area contributed by atoms with Crippen molar-refractivity contribution in [3.05, 3.63) is 21.7 Å². The molecule has 0 saturated carbocycles. The summed E-state index contributed by atoms with van der Waals surface area (Å²) in [6, 6.07) is 1.64. The maximum Gasteiger partial charge on any atom is 0.407 e. The van der Waals surface area contributed by atoms with Gasteiger partial charge in [-0.2, -0.15) is 0 Å². The molecule has 0 aliphatic carbocycles. The minimum absolute atomic E-state index is 0.124. The number of esters is 1. The van der Waals surface area contributed by atoms with Crippen molar-refractivity contribution in [3.8, 4) is 11.5 Å². The molecule has 2 aliphatic rings. The molecular weight excluding hydrogens is 410 g/mol. The van der Waals surface area contributed by atoms with Crippen LogP contribution in [0.25, 0.3) is 0 Å². The predicted molar refractivity (Wildman–Crippen MR) is 93.8 cm³/mol. The van der Waals surface area contributed by atoms with Crippen molar-refractivity contribution in [1.29, 1.82) is 0 Å². The molecule has 1 aromatic rings. The van der Waals surface area contributed by atoms with E-state index in [0.29, 0.717) is 46.6 Å². The number of carboxylic acid groups (broad SMARTS) is 1. The number of nitrogens with zero attached hydrogens (tertiary/aromatic N) is 1. The van der Waals surface area contributed by atoms with Crippen molar-refractivity contribution in [3.63, 3.8) is 0 Å². The molecule has 8 nitrogen and oxygen atoms in total. The van der Waals surface area contributed by atoms with Crippen molar-refractivity contribution < 1.29 is 33.6 Å². The summed E-state index contributed by atoms with van der Waals surface area (Å²) in [4.78, 5) is 24.2. The van der Waals surface area contributed by atoms with Gasteiger partial charge < -0.3 is 29.0 Å². The van der Waals surface area contributed by atoms with E-state index in [1.807, 2.05) is 0 Å². The second-order valence-corrected chi connectivity index (χ2v) is 7.32. The van der Waals surface area contributed by atoms with Crippen molar-refractivity contribution in [2.24, 2.45) is 0 Å². The van der Waals surface area contributed by atoms with E-state index in [1.165, 1.54) is 12.0 Å². The molecule has 1 fully saturated rings. The van der Waals surface area contributed by atoms with E-state index in [0.717, 1.165) is 0 Å². The number of hydrogen-bond donors (Lipinski definition) is 1. The summed E-state index contributed by atoms with van der Waals surface area (Å²) in [7, 11) is 1.32. The molecule has 9 heteroatoms. The zero-order valence-electron chi connectivity index (χ0n) is 14.7. The second-order valence-electron chi connectivity index (χ2n) is 6.47. The minimum atomic E-state index is -1.07. The molecule has 3 rings (SSSR count). The maximum absolute atomic E-state index is 11.9. The van der Waals surface area contributed by atoms with Crippen molar-refractivity contribution in [2.75, 3.05) is 26.8 Å². The number of rotatable bonds is 4. The Labute approximate surface area is 159 Å². The zero-order chi connectivity index (χ0) is 19.1. The Kier molecular flexibility index (Phi) is 5.03. The summed E-state index contributed by atoms with van der Waals surface area (Å²) in [6.07, 6.45) is -0.517. The van der Waals surface area contributed by atoms with Gasteiger partial charge in [0.15, 0.2) is 11.5 Å². The zero-order valence-corrected chi connectivity index (χ0v) is 16.3. The lowest BCUT2D eigenvalue weighted by Gasteiger charge is -2.25. The number of ether oxygens (including phenoxy) is 4. The van der Waals surface area contributed by atoms with Crippen LogP contribution in [0.3, 0.4) is 0 Å². The Morgan fingerprint density at radius 3 is 2.73 bits per heavy atom. The highest BCUT2D eigenvalue weighted by atomic mass is 79.9. The third-order valence-electron chi connectivity index (χ3n) is 4.48. The van der Waals surface area contributed by atoms with Crippen LogP contribution in [0, 0.1) is 6.92 Å². The average molecular weight is 430 g/mol. The molecule has 0 unspecified atom stereocenters. The summed E-state index contributed by atoms with van der Waals surface area (Å²) in [5.41, 5.74) is 1.01. The second kappa shape index (κ2) is 6.96. The lowest BCUT2D eigenvalue weighted by Crippen LogP contribution is -2.42. The Bertz CT molecular complexity index is 753. The molecule has 2 atom stereocenters. The fourth-order valence-electron chi connectivity index (χ4n) is 3.06. The molecule has 0 bridgehead atoms. The number of methoxy groups -OCH3 is 1. The minimum Gasteiger partial charge on any atom is -0.465 e. The molecule has 2 aliphatic heterocycles. The molecule has 1 aromatic carbocycles. The van der Waals surface area contributed by atoms with Gasteiger partial charge in [-0.15, -0.1) is 0 Å². The summed E-state index contributed by atoms with van der Waals surface area (Å²) in [5, 5.41) is 9.01. The van der Waals surface area contributed by atoms with Crippen molar-refractivity contribution in [2.45, 2.75) is 32.2 Å². The van der Waals surface area contributed by atoms with Crippen LogP contribution in [0.1, 0.15) is 29.3 Å². The van der Waals surface area contributed by atoms with Gasteiger partial charge in [0.1, 0.15) is 6.61 Å². The number of fused-ring (bicyclic) bond motifs is 1. The number of amides is 1. The van der Waals surface area contributed by atoms with E-state index in [9.17, 15) is 9.59 Å². The number of carbonyl (C=O) groups excluding carboxylic acids is 1. The number of likely N-dealkylation sites (tertiary alicyclic amines) is 1. The molecule has 26 heavy (non-hydrogen) atoms. The van der Waals surface area contributed by atoms with E-state index >= 15 is 0 Å². The highest BCUT2D eigenvalue weighted by Crippen LogP contribution is 2.48. The fourth-order valence-corrected chi connectivity index (χ4v) is 3.55. The molecular formula is C17H20BrNO7. The molecule has 1 N–H and O–H groups in total. The van der Waals surface area contributed by atoms with Crippen molar-refractivity contribution >= 4 is 28.0 Å². The lowest BCUT2D eigenvalue weighted by molar-refractivity contribution is -0.132. The van der Waals surface area contributed by atoms with Crippen LogP contribution in [-0.2, 0) is 9.47 Å². The maximum atomic E-state index is 11.9. The molecule has 142 valence electrons. The first kappa shape index (κ1) is 18.8. The highest BCUT2D eigenvalue weighted by molar-refractivity contribution is 9.10. The van der Waals surface area contributed by atoms with Gasteiger partial charge in [0.2, 0.25) is 0 Å². The van der Waals surface area contributed by atoms with E-state index in [4.69, 9.17) is 24.1 Å². The number of benzene rings is 1. The monoisotopic (exact) mass is 429 g/mol. The van der Waals surface area contributed by atoms with E-state index in [2.05, 4.69) is 15.9 Å². The van der Waals surface area contributed by atoms with Crippen LogP contribution < -0.4 is 9.47 Å². The van der Waals surface area contributed by atoms with Crippen LogP contribution in [0.5, 0.6) is 11.5 Å². The molecule has 2 heterocycles. The van der Waals surface area contributed by atoms with Crippen LogP contribution in [-0.4, -0.2) is 60.8 Å². The first-order chi connectivity index (χ1) is 12.2. The van der Waals surface area contributed by atoms with Gasteiger partial charge >= 0.3 is 12.1 Å². The largest absolute Gasteiger partial charge is 0.465 e. The van der Waals surface area contributed by atoms with Gasteiger partial charge in [-0.05, 0) is 35.3 Å². The van der Waals surface area contributed by atoms with Gasteiger partial charge in [-0.3, -0.25) is 0 Å². The van der Waals surface area contributed by atoms with E-state index < -0.39 is 17.8 Å².